The summed E-state index contributed by atoms with van der Waals surface area (Å²) in [6.45, 7) is 2.97. The Morgan fingerprint density at radius 1 is 1.15 bits per heavy atom. The summed E-state index contributed by atoms with van der Waals surface area (Å²) in [6, 6.07) is 5.61. The van der Waals surface area contributed by atoms with Crippen LogP contribution < -0.4 is 14.8 Å². The first kappa shape index (κ1) is 14.1. The Morgan fingerprint density at radius 3 is 2.70 bits per heavy atom. The molecule has 0 saturated heterocycles. The third kappa shape index (κ3) is 3.17. The van der Waals surface area contributed by atoms with Crippen LogP contribution >= 0.6 is 0 Å². The highest BCUT2D eigenvalue weighted by Gasteiger charge is 2.10. The molecule has 5 nitrogen and oxygen atoms in total. The predicted molar refractivity (Wildman–Crippen MR) is 79.4 cm³/mol. The van der Waals surface area contributed by atoms with Gasteiger partial charge in [-0.1, -0.05) is 6.92 Å². The van der Waals surface area contributed by atoms with Gasteiger partial charge < -0.3 is 14.8 Å². The Morgan fingerprint density at radius 2 is 2.00 bits per heavy atom. The van der Waals surface area contributed by atoms with E-state index < -0.39 is 0 Å². The van der Waals surface area contributed by atoms with Crippen LogP contribution in [-0.2, 0) is 0 Å². The average molecular weight is 273 g/mol. The zero-order chi connectivity index (χ0) is 14.4. The van der Waals surface area contributed by atoms with E-state index in [-0.39, 0.29) is 0 Å². The second-order valence-electron chi connectivity index (χ2n) is 4.28. The molecule has 20 heavy (non-hydrogen) atoms. The molecule has 1 aromatic carbocycles. The molecular formula is C15H19N3O2. The standard InChI is InChI=1S/C15H19N3O2/c1-4-7-17-15-10-16-9-13(18-15)12-8-11(19-2)5-6-14(12)20-3/h5-6,8-10H,4,7H2,1-3H3,(H,17,18). The molecule has 0 fully saturated rings. The number of ether oxygens (including phenoxy) is 2. The highest BCUT2D eigenvalue weighted by Crippen LogP contribution is 2.32. The van der Waals surface area contributed by atoms with Crippen LogP contribution in [-0.4, -0.2) is 30.7 Å². The van der Waals surface area contributed by atoms with Gasteiger partial charge in [-0.05, 0) is 24.6 Å². The van der Waals surface area contributed by atoms with Crippen molar-refractivity contribution in [3.63, 3.8) is 0 Å². The highest BCUT2D eigenvalue weighted by atomic mass is 16.5. The maximum absolute atomic E-state index is 5.38. The third-order valence-corrected chi connectivity index (χ3v) is 2.87. The molecule has 2 aromatic rings. The molecule has 0 bridgehead atoms. The Kier molecular flexibility index (Phi) is 4.76. The molecule has 1 heterocycles. The van der Waals surface area contributed by atoms with Crippen molar-refractivity contribution >= 4 is 5.82 Å². The number of methoxy groups -OCH3 is 2. The van der Waals surface area contributed by atoms with E-state index in [0.29, 0.717) is 0 Å². The lowest BCUT2D eigenvalue weighted by Gasteiger charge is -2.11. The number of nitrogens with one attached hydrogen (secondary N) is 1. The fourth-order valence-corrected chi connectivity index (χ4v) is 1.85. The molecular weight excluding hydrogens is 254 g/mol. The predicted octanol–water partition coefficient (Wildman–Crippen LogP) is 2.98. The second kappa shape index (κ2) is 6.75. The zero-order valence-electron chi connectivity index (χ0n) is 12.0. The maximum atomic E-state index is 5.38. The maximum Gasteiger partial charge on any atom is 0.145 e. The van der Waals surface area contributed by atoms with Gasteiger partial charge in [0, 0.05) is 12.1 Å². The molecule has 5 heteroatoms. The van der Waals surface area contributed by atoms with Crippen molar-refractivity contribution in [2.75, 3.05) is 26.1 Å². The number of nitrogens with zero attached hydrogens (tertiary/aromatic N) is 2. The van der Waals surface area contributed by atoms with Gasteiger partial charge in [-0.25, -0.2) is 4.98 Å². The third-order valence-electron chi connectivity index (χ3n) is 2.87. The number of benzene rings is 1. The molecule has 0 aliphatic heterocycles. The molecule has 0 aliphatic rings. The van der Waals surface area contributed by atoms with E-state index in [1.165, 1.54) is 0 Å². The van der Waals surface area contributed by atoms with E-state index in [4.69, 9.17) is 9.47 Å². The number of rotatable bonds is 6. The summed E-state index contributed by atoms with van der Waals surface area (Å²) in [7, 11) is 3.27. The van der Waals surface area contributed by atoms with Gasteiger partial charge in [0.25, 0.3) is 0 Å². The van der Waals surface area contributed by atoms with Crippen molar-refractivity contribution in [2.45, 2.75) is 13.3 Å². The minimum absolute atomic E-state index is 0.743. The lowest BCUT2D eigenvalue weighted by atomic mass is 10.1. The summed E-state index contributed by atoms with van der Waals surface area (Å²) in [5.41, 5.74) is 1.61. The second-order valence-corrected chi connectivity index (χ2v) is 4.28. The van der Waals surface area contributed by atoms with Gasteiger partial charge in [0.1, 0.15) is 17.3 Å². The number of anilines is 1. The normalized spacial score (nSPS) is 10.2. The van der Waals surface area contributed by atoms with Crippen molar-refractivity contribution in [3.8, 4) is 22.8 Å². The number of hydrogen-bond donors (Lipinski definition) is 1. The number of hydrogen-bond acceptors (Lipinski definition) is 5. The van der Waals surface area contributed by atoms with Crippen LogP contribution in [0.25, 0.3) is 11.3 Å². The van der Waals surface area contributed by atoms with Gasteiger partial charge in [0.2, 0.25) is 0 Å². The van der Waals surface area contributed by atoms with Crippen LogP contribution in [0.5, 0.6) is 11.5 Å². The van der Waals surface area contributed by atoms with Crippen molar-refractivity contribution in [1.82, 2.24) is 9.97 Å². The van der Waals surface area contributed by atoms with Gasteiger partial charge >= 0.3 is 0 Å². The summed E-state index contributed by atoms with van der Waals surface area (Å²) >= 11 is 0. The van der Waals surface area contributed by atoms with Crippen LogP contribution in [0.4, 0.5) is 5.82 Å². The van der Waals surface area contributed by atoms with E-state index in [1.54, 1.807) is 26.6 Å². The minimum atomic E-state index is 0.743. The highest BCUT2D eigenvalue weighted by molar-refractivity contribution is 5.69. The van der Waals surface area contributed by atoms with E-state index in [9.17, 15) is 0 Å². The van der Waals surface area contributed by atoms with E-state index >= 15 is 0 Å². The summed E-state index contributed by atoms with van der Waals surface area (Å²) in [5, 5.41) is 3.22. The van der Waals surface area contributed by atoms with Gasteiger partial charge in [0.15, 0.2) is 0 Å². The van der Waals surface area contributed by atoms with E-state index in [2.05, 4.69) is 22.2 Å². The van der Waals surface area contributed by atoms with E-state index in [0.717, 1.165) is 41.5 Å². The van der Waals surface area contributed by atoms with Crippen LogP contribution in [0.2, 0.25) is 0 Å². The minimum Gasteiger partial charge on any atom is -0.497 e. The van der Waals surface area contributed by atoms with Crippen LogP contribution in [0.1, 0.15) is 13.3 Å². The summed E-state index contributed by atoms with van der Waals surface area (Å²) < 4.78 is 10.6. The van der Waals surface area contributed by atoms with Crippen molar-refractivity contribution in [2.24, 2.45) is 0 Å². The zero-order valence-corrected chi connectivity index (χ0v) is 12.0. The van der Waals surface area contributed by atoms with Gasteiger partial charge in [0.05, 0.1) is 32.3 Å². The molecule has 0 spiro atoms. The van der Waals surface area contributed by atoms with Gasteiger partial charge in [-0.2, -0.15) is 0 Å². The molecule has 1 aromatic heterocycles. The molecule has 1 N–H and O–H groups in total. The molecule has 0 amide bonds. The molecule has 0 radical (unpaired) electrons. The van der Waals surface area contributed by atoms with Crippen LogP contribution in [0.15, 0.2) is 30.6 Å². The molecule has 106 valence electrons. The molecule has 2 rings (SSSR count). The fraction of sp³-hybridized carbons (Fsp3) is 0.333. The SMILES string of the molecule is CCCNc1cncc(-c2cc(OC)ccc2OC)n1. The Hall–Kier alpha value is -2.30. The van der Waals surface area contributed by atoms with Crippen LogP contribution in [0, 0.1) is 0 Å². The Bertz CT molecular complexity index is 573. The molecule has 0 aliphatic carbocycles. The van der Waals surface area contributed by atoms with Crippen LogP contribution in [0.3, 0.4) is 0 Å². The monoisotopic (exact) mass is 273 g/mol. The lowest BCUT2D eigenvalue weighted by molar-refractivity contribution is 0.404. The Labute approximate surface area is 119 Å². The number of aromatic nitrogens is 2. The topological polar surface area (TPSA) is 56.3 Å². The first-order valence-electron chi connectivity index (χ1n) is 6.56. The lowest BCUT2D eigenvalue weighted by Crippen LogP contribution is -2.03. The summed E-state index contributed by atoms with van der Waals surface area (Å²) in [6.07, 6.45) is 4.47. The molecule has 0 unspecified atom stereocenters. The first-order valence-corrected chi connectivity index (χ1v) is 6.56. The average Bonchev–Trinajstić information content (AvgIpc) is 2.52. The van der Waals surface area contributed by atoms with E-state index in [1.807, 2.05) is 18.2 Å². The van der Waals surface area contributed by atoms with Gasteiger partial charge in [-0.3, -0.25) is 4.98 Å². The largest absolute Gasteiger partial charge is 0.497 e. The quantitative estimate of drug-likeness (QED) is 0.876. The van der Waals surface area contributed by atoms with Gasteiger partial charge in [-0.15, -0.1) is 0 Å². The molecule has 0 atom stereocenters. The summed E-state index contributed by atoms with van der Waals surface area (Å²) in [5.74, 6) is 2.26. The smallest absolute Gasteiger partial charge is 0.145 e. The summed E-state index contributed by atoms with van der Waals surface area (Å²) in [4.78, 5) is 8.78. The van der Waals surface area contributed by atoms with Crippen molar-refractivity contribution in [1.29, 1.82) is 0 Å². The fourth-order valence-electron chi connectivity index (χ4n) is 1.85. The van der Waals surface area contributed by atoms with Crippen molar-refractivity contribution < 1.29 is 9.47 Å². The molecule has 0 saturated carbocycles. The first-order chi connectivity index (χ1) is 9.78. The Balaban J connectivity index is 2.39. The van der Waals surface area contributed by atoms with Crippen molar-refractivity contribution in [3.05, 3.63) is 30.6 Å².